The molecule has 0 atom stereocenters. The third-order valence-electron chi connectivity index (χ3n) is 7.59. The molecule has 0 fully saturated rings. The van der Waals surface area contributed by atoms with Gasteiger partial charge in [0.05, 0.1) is 62.0 Å². The van der Waals surface area contributed by atoms with Gasteiger partial charge in [0.1, 0.15) is 37.8 Å². The number of nitro groups is 1. The van der Waals surface area contributed by atoms with Gasteiger partial charge in [0, 0.05) is 19.2 Å². The highest BCUT2D eigenvalue weighted by molar-refractivity contribution is 5.91. The number of nitrogens with zero attached hydrogens (tertiary/aromatic N) is 3. The van der Waals surface area contributed by atoms with Gasteiger partial charge in [-0.15, -0.1) is 0 Å². The van der Waals surface area contributed by atoms with E-state index in [0.29, 0.717) is 41.5 Å². The number of ether oxygens (including phenoxy) is 6. The lowest BCUT2D eigenvalue weighted by Gasteiger charge is -2.27. The number of methoxy groups -OCH3 is 3. The summed E-state index contributed by atoms with van der Waals surface area (Å²) in [5.74, 6) is -0.567. The molecule has 1 heterocycles. The van der Waals surface area contributed by atoms with E-state index in [0.717, 1.165) is 5.56 Å². The smallest absolute Gasteiger partial charge is 0.338 e. The van der Waals surface area contributed by atoms with Crippen LogP contribution in [0, 0.1) is 17.0 Å². The lowest BCUT2D eigenvalue weighted by molar-refractivity contribution is -0.385. The number of aryl methyl sites for hydroxylation is 1. The van der Waals surface area contributed by atoms with Crippen molar-refractivity contribution in [2.24, 2.45) is 0 Å². The molecule has 4 rings (SSSR count). The third kappa shape index (κ3) is 9.93. The van der Waals surface area contributed by atoms with Crippen molar-refractivity contribution in [1.82, 2.24) is 0 Å². The zero-order chi connectivity index (χ0) is 35.3. The Bertz CT molecular complexity index is 1690. The van der Waals surface area contributed by atoms with Crippen LogP contribution in [-0.4, -0.2) is 96.8 Å². The van der Waals surface area contributed by atoms with Gasteiger partial charge >= 0.3 is 17.9 Å². The maximum atomic E-state index is 12.4. The number of anilines is 2. The third-order valence-corrected chi connectivity index (χ3v) is 7.59. The Morgan fingerprint density at radius 2 is 1.37 bits per heavy atom. The summed E-state index contributed by atoms with van der Waals surface area (Å²) in [5.41, 5.74) is 2.99. The second kappa shape index (κ2) is 17.5. The first-order valence-corrected chi connectivity index (χ1v) is 15.4. The van der Waals surface area contributed by atoms with E-state index in [1.54, 1.807) is 35.3 Å². The van der Waals surface area contributed by atoms with Crippen molar-refractivity contribution >= 4 is 47.1 Å². The maximum absolute atomic E-state index is 12.4. The molecule has 0 saturated carbocycles. The van der Waals surface area contributed by atoms with Crippen molar-refractivity contribution in [3.8, 4) is 11.5 Å². The molecule has 14 nitrogen and oxygen atoms in total. The molecular formula is C35H39N3O11. The van der Waals surface area contributed by atoms with Crippen LogP contribution in [0.1, 0.15) is 27.0 Å². The number of hydrogen-bond donors (Lipinski definition) is 0. The molecule has 0 aromatic heterocycles. The van der Waals surface area contributed by atoms with Crippen LogP contribution in [0.25, 0.3) is 12.2 Å². The second-order valence-electron chi connectivity index (χ2n) is 10.9. The number of nitro benzene ring substituents is 1. The Morgan fingerprint density at radius 3 is 1.94 bits per heavy atom. The average Bonchev–Trinajstić information content (AvgIpc) is 3.11. The van der Waals surface area contributed by atoms with E-state index in [-0.39, 0.29) is 56.3 Å². The van der Waals surface area contributed by atoms with E-state index >= 15 is 0 Å². The molecular weight excluding hydrogens is 638 g/mol. The summed E-state index contributed by atoms with van der Waals surface area (Å²) in [5, 5.41) is 11.8. The van der Waals surface area contributed by atoms with Crippen molar-refractivity contribution in [3.63, 3.8) is 0 Å². The predicted octanol–water partition coefficient (Wildman–Crippen LogP) is 4.31. The minimum atomic E-state index is -0.680. The Labute approximate surface area is 283 Å². The van der Waals surface area contributed by atoms with Crippen molar-refractivity contribution < 1.29 is 47.7 Å². The number of esters is 3. The van der Waals surface area contributed by atoms with Gasteiger partial charge in [-0.1, -0.05) is 18.2 Å². The number of hydrogen-bond acceptors (Lipinski definition) is 13. The summed E-state index contributed by atoms with van der Waals surface area (Å²) in [7, 11) is 3.84. The monoisotopic (exact) mass is 677 g/mol. The number of carbonyl (C=O) groups excluding carboxylic acids is 3. The fourth-order valence-corrected chi connectivity index (χ4v) is 5.05. The van der Waals surface area contributed by atoms with E-state index in [1.807, 2.05) is 30.0 Å². The second-order valence-corrected chi connectivity index (χ2v) is 10.9. The van der Waals surface area contributed by atoms with Crippen LogP contribution in [0.5, 0.6) is 11.5 Å². The van der Waals surface area contributed by atoms with Crippen LogP contribution >= 0.6 is 0 Å². The Morgan fingerprint density at radius 1 is 0.776 bits per heavy atom. The topological polar surface area (TPSA) is 156 Å². The number of benzene rings is 3. The maximum Gasteiger partial charge on any atom is 0.338 e. The Balaban J connectivity index is 1.66. The molecule has 260 valence electrons. The van der Waals surface area contributed by atoms with Crippen LogP contribution in [0.15, 0.2) is 54.6 Å². The van der Waals surface area contributed by atoms with Crippen LogP contribution < -0.4 is 19.3 Å². The van der Waals surface area contributed by atoms with E-state index in [9.17, 15) is 24.5 Å². The number of rotatable bonds is 8. The largest absolute Gasteiger partial charge is 0.488 e. The van der Waals surface area contributed by atoms with E-state index < -0.39 is 22.8 Å². The molecule has 0 N–H and O–H groups in total. The summed E-state index contributed by atoms with van der Waals surface area (Å²) in [6.45, 7) is 3.31. The summed E-state index contributed by atoms with van der Waals surface area (Å²) in [6, 6.07) is 15.1. The van der Waals surface area contributed by atoms with Gasteiger partial charge in [0.2, 0.25) is 0 Å². The molecule has 3 aromatic rings. The number of fused-ring (bicyclic) bond motifs is 2. The highest BCUT2D eigenvalue weighted by Gasteiger charge is 2.21. The van der Waals surface area contributed by atoms with Crippen LogP contribution in [0.4, 0.5) is 17.1 Å². The molecule has 1 aliphatic heterocycles. The molecule has 14 heteroatoms. The minimum absolute atomic E-state index is 0.00936. The van der Waals surface area contributed by atoms with E-state index in [1.165, 1.54) is 39.5 Å². The summed E-state index contributed by atoms with van der Waals surface area (Å²) in [4.78, 5) is 51.4. The first-order chi connectivity index (χ1) is 23.6. The van der Waals surface area contributed by atoms with Crippen molar-refractivity contribution in [2.75, 3.05) is 83.7 Å². The molecule has 0 bridgehead atoms. The highest BCUT2D eigenvalue weighted by Crippen LogP contribution is 2.33. The Kier molecular flexibility index (Phi) is 12.9. The summed E-state index contributed by atoms with van der Waals surface area (Å²) >= 11 is 0. The SMILES string of the molecule is COC(=O)CN1CCOCCN(CC(=O)OC)c2ccc(/C=C/c3ccc(C(=O)OC)cc3[N+](=O)[O-])cc2OCCOc2cc(C)ccc21. The first-order valence-electron chi connectivity index (χ1n) is 15.4. The van der Waals surface area contributed by atoms with Crippen molar-refractivity contribution in [2.45, 2.75) is 6.92 Å². The normalized spacial score (nSPS) is 13.9. The van der Waals surface area contributed by atoms with Gasteiger partial charge in [-0.25, -0.2) is 4.79 Å². The molecule has 0 unspecified atom stereocenters. The van der Waals surface area contributed by atoms with Gasteiger partial charge in [-0.2, -0.15) is 0 Å². The van der Waals surface area contributed by atoms with E-state index in [2.05, 4.69) is 4.74 Å². The number of carbonyl (C=O) groups is 3. The average molecular weight is 678 g/mol. The molecule has 0 aliphatic carbocycles. The lowest BCUT2D eigenvalue weighted by atomic mass is 10.1. The molecule has 0 saturated heterocycles. The van der Waals surface area contributed by atoms with Crippen LogP contribution in [0.3, 0.4) is 0 Å². The van der Waals surface area contributed by atoms with Gasteiger partial charge in [0.15, 0.2) is 0 Å². The highest BCUT2D eigenvalue weighted by atomic mass is 16.6. The molecule has 0 radical (unpaired) electrons. The van der Waals surface area contributed by atoms with Gasteiger partial charge in [-0.05, 0) is 60.5 Å². The van der Waals surface area contributed by atoms with Crippen molar-refractivity contribution in [3.05, 3.63) is 87.0 Å². The quantitative estimate of drug-likeness (QED) is 0.109. The molecule has 0 spiro atoms. The van der Waals surface area contributed by atoms with Gasteiger partial charge < -0.3 is 38.2 Å². The van der Waals surface area contributed by atoms with Gasteiger partial charge in [-0.3, -0.25) is 19.7 Å². The fourth-order valence-electron chi connectivity index (χ4n) is 5.05. The van der Waals surface area contributed by atoms with Gasteiger partial charge in [0.25, 0.3) is 5.69 Å². The van der Waals surface area contributed by atoms with E-state index in [4.69, 9.17) is 23.7 Å². The lowest BCUT2D eigenvalue weighted by Crippen LogP contribution is -2.36. The molecule has 49 heavy (non-hydrogen) atoms. The zero-order valence-electron chi connectivity index (χ0n) is 27.8. The fraction of sp³-hybridized carbons (Fsp3) is 0.343. The molecule has 0 amide bonds. The first kappa shape index (κ1) is 36.2. The Hall–Kier alpha value is -5.63. The van der Waals surface area contributed by atoms with Crippen LogP contribution in [-0.2, 0) is 28.5 Å². The summed E-state index contributed by atoms with van der Waals surface area (Å²) < 4.78 is 32.9. The predicted molar refractivity (Wildman–Crippen MR) is 181 cm³/mol. The molecule has 1 aliphatic rings. The zero-order valence-corrected chi connectivity index (χ0v) is 27.8. The minimum Gasteiger partial charge on any atom is -0.488 e. The molecule has 3 aromatic carbocycles. The van der Waals surface area contributed by atoms with Crippen LogP contribution in [0.2, 0.25) is 0 Å². The summed E-state index contributed by atoms with van der Waals surface area (Å²) in [6.07, 6.45) is 3.24. The standard InChI is InChI=1S/C35H39N3O11/c1-24-5-11-28-31(19-24)48-17-18-49-32-20-25(6-8-26-9-10-27(35(41)46-4)21-30(26)38(42)43)7-12-29(32)37(23-34(40)45-3)14-16-47-15-13-36(28)22-33(39)44-2/h5-12,19-21H,13-18,22-23H2,1-4H3/b8-6+. The van der Waals surface area contributed by atoms with Crippen molar-refractivity contribution in [1.29, 1.82) is 0 Å².